The smallest absolute Gasteiger partial charge is 0.156 e. The van der Waals surface area contributed by atoms with Crippen molar-refractivity contribution in [3.05, 3.63) is 0 Å². The lowest BCUT2D eigenvalue weighted by atomic mass is 10.2. The fourth-order valence-corrected chi connectivity index (χ4v) is 2.93. The molecule has 1 fully saturated rings. The lowest BCUT2D eigenvalue weighted by molar-refractivity contribution is 0.676. The van der Waals surface area contributed by atoms with Gasteiger partial charge < -0.3 is 5.32 Å². The van der Waals surface area contributed by atoms with Crippen molar-refractivity contribution in [1.29, 1.82) is 0 Å². The number of unbranched alkanes of at least 4 members (excludes halogenated alkanes) is 3. The summed E-state index contributed by atoms with van der Waals surface area (Å²) >= 11 is 3.80. The van der Waals surface area contributed by atoms with Crippen molar-refractivity contribution in [3.63, 3.8) is 0 Å². The molecule has 0 aromatic carbocycles. The summed E-state index contributed by atoms with van der Waals surface area (Å²) < 4.78 is 0. The van der Waals surface area contributed by atoms with Crippen molar-refractivity contribution in [2.45, 2.75) is 38.6 Å². The van der Waals surface area contributed by atoms with Gasteiger partial charge in [-0.3, -0.25) is 4.99 Å². The Morgan fingerprint density at radius 3 is 2.87 bits per heavy atom. The SMILES string of the molecule is CSCCCCCCN=C1NC(C)CS1. The third kappa shape index (κ3) is 6.36. The highest BCUT2D eigenvalue weighted by Gasteiger charge is 2.14. The molecule has 2 nitrogen and oxygen atoms in total. The molecular formula is C11H22N2S2. The monoisotopic (exact) mass is 246 g/mol. The molecule has 1 aliphatic rings. The molecular weight excluding hydrogens is 224 g/mol. The molecule has 15 heavy (non-hydrogen) atoms. The van der Waals surface area contributed by atoms with Crippen LogP contribution in [0.1, 0.15) is 32.6 Å². The van der Waals surface area contributed by atoms with Crippen LogP contribution in [-0.2, 0) is 0 Å². The third-order valence-corrected chi connectivity index (χ3v) is 4.24. The average molecular weight is 246 g/mol. The molecule has 0 aromatic rings. The Morgan fingerprint density at radius 1 is 1.40 bits per heavy atom. The molecule has 1 rings (SSSR count). The van der Waals surface area contributed by atoms with Crippen LogP contribution in [0.3, 0.4) is 0 Å². The van der Waals surface area contributed by atoms with Gasteiger partial charge in [0.1, 0.15) is 0 Å². The van der Waals surface area contributed by atoms with Crippen LogP contribution in [0.2, 0.25) is 0 Å². The minimum Gasteiger partial charge on any atom is -0.362 e. The zero-order valence-electron chi connectivity index (χ0n) is 9.79. The molecule has 0 radical (unpaired) electrons. The third-order valence-electron chi connectivity index (χ3n) is 2.35. The first-order valence-corrected chi connectivity index (χ1v) is 8.13. The van der Waals surface area contributed by atoms with Crippen molar-refractivity contribution >= 4 is 28.7 Å². The molecule has 1 atom stereocenters. The molecule has 88 valence electrons. The second-order valence-corrected chi connectivity index (χ2v) is 5.94. The molecule has 0 aliphatic carbocycles. The number of rotatable bonds is 7. The Morgan fingerprint density at radius 2 is 2.20 bits per heavy atom. The Bertz CT molecular complexity index is 195. The standard InChI is InChI=1S/C11H22N2S2/c1-10-9-15-11(13-10)12-7-5-3-4-6-8-14-2/h10H,3-9H2,1-2H3,(H,12,13). The van der Waals surface area contributed by atoms with E-state index in [1.165, 1.54) is 37.2 Å². The van der Waals surface area contributed by atoms with Crippen molar-refractivity contribution < 1.29 is 0 Å². The lowest BCUT2D eigenvalue weighted by Crippen LogP contribution is -2.23. The van der Waals surface area contributed by atoms with Crippen molar-refractivity contribution in [2.24, 2.45) is 4.99 Å². The van der Waals surface area contributed by atoms with E-state index < -0.39 is 0 Å². The highest BCUT2D eigenvalue weighted by Crippen LogP contribution is 2.13. The van der Waals surface area contributed by atoms with Crippen molar-refractivity contribution in [3.8, 4) is 0 Å². The largest absolute Gasteiger partial charge is 0.362 e. The molecule has 1 aliphatic heterocycles. The number of hydrogen-bond donors (Lipinski definition) is 1. The van der Waals surface area contributed by atoms with E-state index in [1.807, 2.05) is 23.5 Å². The maximum absolute atomic E-state index is 4.55. The fraction of sp³-hybridized carbons (Fsp3) is 0.909. The highest BCUT2D eigenvalue weighted by atomic mass is 32.2. The van der Waals surface area contributed by atoms with Crippen molar-refractivity contribution in [1.82, 2.24) is 5.32 Å². The Balaban J connectivity index is 1.92. The summed E-state index contributed by atoms with van der Waals surface area (Å²) in [6, 6.07) is 0.607. The van der Waals surface area contributed by atoms with E-state index in [9.17, 15) is 0 Å². The maximum atomic E-state index is 4.55. The van der Waals surface area contributed by atoms with Gasteiger partial charge in [0.05, 0.1) is 0 Å². The zero-order valence-corrected chi connectivity index (χ0v) is 11.4. The molecule has 0 amide bonds. The van der Waals surface area contributed by atoms with Gasteiger partial charge in [0.25, 0.3) is 0 Å². The summed E-state index contributed by atoms with van der Waals surface area (Å²) in [7, 11) is 0. The number of nitrogens with one attached hydrogen (secondary N) is 1. The molecule has 1 heterocycles. The predicted octanol–water partition coefficient (Wildman–Crippen LogP) is 2.99. The van der Waals surface area contributed by atoms with Gasteiger partial charge >= 0.3 is 0 Å². The summed E-state index contributed by atoms with van der Waals surface area (Å²) in [4.78, 5) is 4.55. The fourth-order valence-electron chi connectivity index (χ4n) is 1.48. The van der Waals surface area contributed by atoms with Gasteiger partial charge in [0.2, 0.25) is 0 Å². The van der Waals surface area contributed by atoms with Crippen LogP contribution in [0, 0.1) is 0 Å². The first kappa shape index (κ1) is 13.2. The minimum atomic E-state index is 0.607. The first-order valence-electron chi connectivity index (χ1n) is 5.75. The molecule has 0 aromatic heterocycles. The van der Waals surface area contributed by atoms with Crippen molar-refractivity contribution in [2.75, 3.05) is 24.3 Å². The lowest BCUT2D eigenvalue weighted by Gasteiger charge is -2.01. The average Bonchev–Trinajstić information content (AvgIpc) is 2.63. The normalized spacial score (nSPS) is 23.3. The summed E-state index contributed by atoms with van der Waals surface area (Å²) in [5, 5.41) is 4.53. The van der Waals surface area contributed by atoms with Crippen LogP contribution in [-0.4, -0.2) is 35.5 Å². The van der Waals surface area contributed by atoms with E-state index in [4.69, 9.17) is 0 Å². The van der Waals surface area contributed by atoms with E-state index in [-0.39, 0.29) is 0 Å². The number of aliphatic imine (C=N–C) groups is 1. The van der Waals surface area contributed by atoms with Gasteiger partial charge in [-0.1, -0.05) is 24.6 Å². The van der Waals surface area contributed by atoms with Crippen LogP contribution in [0.15, 0.2) is 4.99 Å². The van der Waals surface area contributed by atoms with Crippen LogP contribution in [0.25, 0.3) is 0 Å². The molecule has 0 bridgehead atoms. The summed E-state index contributed by atoms with van der Waals surface area (Å²) in [5.74, 6) is 2.48. The number of thioether (sulfide) groups is 2. The quantitative estimate of drug-likeness (QED) is 0.699. The zero-order chi connectivity index (χ0) is 10.9. The summed E-state index contributed by atoms with van der Waals surface area (Å²) in [5.41, 5.74) is 0. The number of nitrogens with zero attached hydrogens (tertiary/aromatic N) is 1. The van der Waals surface area contributed by atoms with Crippen LogP contribution < -0.4 is 5.32 Å². The highest BCUT2D eigenvalue weighted by molar-refractivity contribution is 8.14. The van der Waals surface area contributed by atoms with E-state index in [0.29, 0.717) is 6.04 Å². The van der Waals surface area contributed by atoms with E-state index in [0.717, 1.165) is 11.7 Å². The molecule has 0 saturated carbocycles. The van der Waals surface area contributed by atoms with Gasteiger partial charge in [0, 0.05) is 18.3 Å². The van der Waals surface area contributed by atoms with E-state index in [1.54, 1.807) is 0 Å². The van der Waals surface area contributed by atoms with E-state index >= 15 is 0 Å². The van der Waals surface area contributed by atoms with Crippen LogP contribution in [0.4, 0.5) is 0 Å². The second kappa shape index (κ2) is 8.34. The molecule has 1 unspecified atom stereocenters. The molecule has 1 N–H and O–H groups in total. The van der Waals surface area contributed by atoms with Gasteiger partial charge in [-0.15, -0.1) is 0 Å². The topological polar surface area (TPSA) is 24.4 Å². The minimum absolute atomic E-state index is 0.607. The van der Waals surface area contributed by atoms with Gasteiger partial charge in [-0.05, 0) is 31.8 Å². The van der Waals surface area contributed by atoms with Crippen LogP contribution >= 0.6 is 23.5 Å². The Labute approximate surface area is 102 Å². The Kier molecular flexibility index (Phi) is 7.36. The van der Waals surface area contributed by atoms with E-state index in [2.05, 4.69) is 23.5 Å². The summed E-state index contributed by atoms with van der Waals surface area (Å²) in [6.45, 7) is 3.21. The first-order chi connectivity index (χ1) is 7.33. The molecule has 4 heteroatoms. The predicted molar refractivity (Wildman–Crippen MR) is 74.2 cm³/mol. The van der Waals surface area contributed by atoms with Gasteiger partial charge in [-0.25, -0.2) is 0 Å². The number of amidine groups is 1. The molecule has 0 spiro atoms. The Hall–Kier alpha value is 0.170. The summed E-state index contributed by atoms with van der Waals surface area (Å²) in [6.07, 6.45) is 7.48. The molecule has 1 saturated heterocycles. The number of hydrogen-bond acceptors (Lipinski definition) is 3. The second-order valence-electron chi connectivity index (χ2n) is 3.95. The van der Waals surface area contributed by atoms with Gasteiger partial charge in [0.15, 0.2) is 5.17 Å². The maximum Gasteiger partial charge on any atom is 0.156 e. The van der Waals surface area contributed by atoms with Gasteiger partial charge in [-0.2, -0.15) is 11.8 Å². The van der Waals surface area contributed by atoms with Crippen LogP contribution in [0.5, 0.6) is 0 Å².